The molecule has 0 heterocycles. The van der Waals surface area contributed by atoms with Crippen molar-refractivity contribution < 1.29 is 37.6 Å². The normalized spacial score (nSPS) is 12.9. The van der Waals surface area contributed by atoms with Crippen LogP contribution in [0.5, 0.6) is 0 Å². The first-order valence-electron chi connectivity index (χ1n) is 33.0. The molecule has 0 saturated carbocycles. The van der Waals surface area contributed by atoms with Gasteiger partial charge in [0.25, 0.3) is 0 Å². The molecule has 0 saturated heterocycles. The number of hydrogen-bond acceptors (Lipinski definition) is 8. The maximum absolute atomic E-state index is 12.7. The smallest absolute Gasteiger partial charge is 0.462 e. The highest BCUT2D eigenvalue weighted by atomic mass is 31.2. The highest BCUT2D eigenvalue weighted by Gasteiger charge is 2.26. The molecule has 74 heavy (non-hydrogen) atoms. The number of rotatable bonds is 64. The Labute approximate surface area is 460 Å². The molecule has 0 amide bonds. The average molecular weight is 1070 g/mol. The standard InChI is InChI=1S/C64H128NO8P/c1-3-5-7-9-11-13-15-17-18-19-20-21-22-23-24-25-26-27-28-29-30-31-32-33-34-35-36-37-38-39-40-41-42-43-44-45-47-49-51-53-55-57-64(67)73-62(61-72-74(68,69)71-59-58-65)60-70-63(66)56-54-52-50-48-46-16-14-12-10-8-6-4-2/h62H,3-61,65H2,1-2H3,(H,68,69). The fourth-order valence-corrected chi connectivity index (χ4v) is 11.1. The van der Waals surface area contributed by atoms with E-state index in [1.807, 2.05) is 0 Å². The third-order valence-electron chi connectivity index (χ3n) is 15.2. The van der Waals surface area contributed by atoms with Crippen LogP contribution in [-0.2, 0) is 32.7 Å². The molecule has 0 rings (SSSR count). The molecule has 0 aliphatic carbocycles. The van der Waals surface area contributed by atoms with Crippen LogP contribution in [-0.4, -0.2) is 49.3 Å². The second kappa shape index (κ2) is 61.2. The molecular weight excluding hydrogens is 942 g/mol. The van der Waals surface area contributed by atoms with Gasteiger partial charge in [-0.15, -0.1) is 0 Å². The molecule has 2 atom stereocenters. The van der Waals surface area contributed by atoms with Crippen LogP contribution in [0.4, 0.5) is 0 Å². The summed E-state index contributed by atoms with van der Waals surface area (Å²) in [5, 5.41) is 0. The van der Waals surface area contributed by atoms with Crippen molar-refractivity contribution >= 4 is 19.8 Å². The van der Waals surface area contributed by atoms with Crippen LogP contribution in [0.25, 0.3) is 0 Å². The summed E-state index contributed by atoms with van der Waals surface area (Å²) in [4.78, 5) is 35.1. The van der Waals surface area contributed by atoms with Crippen LogP contribution >= 0.6 is 7.82 Å². The van der Waals surface area contributed by atoms with E-state index in [-0.39, 0.29) is 38.6 Å². The minimum Gasteiger partial charge on any atom is -0.462 e. The van der Waals surface area contributed by atoms with E-state index in [4.69, 9.17) is 24.3 Å². The predicted molar refractivity (Wildman–Crippen MR) is 317 cm³/mol. The topological polar surface area (TPSA) is 134 Å². The first kappa shape index (κ1) is 73.0. The van der Waals surface area contributed by atoms with Crippen molar-refractivity contribution in [2.24, 2.45) is 5.73 Å². The van der Waals surface area contributed by atoms with Crippen molar-refractivity contribution in [1.82, 2.24) is 0 Å². The summed E-state index contributed by atoms with van der Waals surface area (Å²) in [6.07, 6.45) is 70.9. The molecular formula is C64H128NO8P. The Balaban J connectivity index is 3.64. The molecule has 0 bridgehead atoms. The fraction of sp³-hybridized carbons (Fsp3) is 0.969. The Bertz CT molecular complexity index is 1170. The molecule has 2 unspecified atom stereocenters. The number of carbonyl (C=O) groups is 2. The van der Waals surface area contributed by atoms with Crippen LogP contribution < -0.4 is 5.73 Å². The third kappa shape index (κ3) is 60.2. The van der Waals surface area contributed by atoms with Gasteiger partial charge in [-0.1, -0.05) is 341 Å². The lowest BCUT2D eigenvalue weighted by Gasteiger charge is -2.19. The Morgan fingerprint density at radius 3 is 0.824 bits per heavy atom. The van der Waals surface area contributed by atoms with Gasteiger partial charge in [-0.05, 0) is 12.8 Å². The van der Waals surface area contributed by atoms with Gasteiger partial charge in [-0.25, -0.2) is 4.57 Å². The minimum atomic E-state index is -4.38. The van der Waals surface area contributed by atoms with Crippen molar-refractivity contribution in [2.75, 3.05) is 26.4 Å². The number of unbranched alkanes of at least 4 members (excludes halogenated alkanes) is 51. The Hall–Kier alpha value is -0.990. The van der Waals surface area contributed by atoms with E-state index in [1.54, 1.807) is 0 Å². The Morgan fingerprint density at radius 1 is 0.351 bits per heavy atom. The van der Waals surface area contributed by atoms with E-state index in [0.29, 0.717) is 6.42 Å². The number of esters is 2. The molecule has 442 valence electrons. The van der Waals surface area contributed by atoms with Crippen LogP contribution in [0, 0.1) is 0 Å². The fourth-order valence-electron chi connectivity index (χ4n) is 10.3. The van der Waals surface area contributed by atoms with Gasteiger partial charge in [0.1, 0.15) is 6.61 Å². The quantitative estimate of drug-likeness (QED) is 0.0347. The first-order valence-corrected chi connectivity index (χ1v) is 34.5. The maximum atomic E-state index is 12.7. The number of phosphoric ester groups is 1. The molecule has 3 N–H and O–H groups in total. The van der Waals surface area contributed by atoms with Gasteiger partial charge in [-0.3, -0.25) is 18.6 Å². The van der Waals surface area contributed by atoms with Crippen LogP contribution in [0.1, 0.15) is 367 Å². The zero-order valence-electron chi connectivity index (χ0n) is 49.6. The van der Waals surface area contributed by atoms with Gasteiger partial charge < -0.3 is 20.1 Å². The minimum absolute atomic E-state index is 0.0584. The van der Waals surface area contributed by atoms with E-state index in [1.165, 1.54) is 302 Å². The number of carbonyl (C=O) groups excluding carboxylic acids is 2. The van der Waals surface area contributed by atoms with Crippen LogP contribution in [0.15, 0.2) is 0 Å². The van der Waals surface area contributed by atoms with E-state index < -0.39 is 26.5 Å². The largest absolute Gasteiger partial charge is 0.472 e. The van der Waals surface area contributed by atoms with Gasteiger partial charge in [-0.2, -0.15) is 0 Å². The highest BCUT2D eigenvalue weighted by Crippen LogP contribution is 2.43. The van der Waals surface area contributed by atoms with Crippen LogP contribution in [0.2, 0.25) is 0 Å². The van der Waals surface area contributed by atoms with Crippen molar-refractivity contribution in [3.05, 3.63) is 0 Å². The van der Waals surface area contributed by atoms with Gasteiger partial charge in [0.2, 0.25) is 0 Å². The molecule has 0 fully saturated rings. The summed E-state index contributed by atoms with van der Waals surface area (Å²) in [5.41, 5.74) is 5.38. The number of hydrogen-bond donors (Lipinski definition) is 2. The number of ether oxygens (including phenoxy) is 2. The van der Waals surface area contributed by atoms with E-state index in [0.717, 1.165) is 32.1 Å². The summed E-state index contributed by atoms with van der Waals surface area (Å²) in [5.74, 6) is -0.806. The summed E-state index contributed by atoms with van der Waals surface area (Å²) < 4.78 is 33.0. The summed E-state index contributed by atoms with van der Waals surface area (Å²) in [6.45, 7) is 3.80. The molecule has 0 radical (unpaired) electrons. The highest BCUT2D eigenvalue weighted by molar-refractivity contribution is 7.47. The first-order chi connectivity index (χ1) is 36.3. The Morgan fingerprint density at radius 2 is 0.581 bits per heavy atom. The summed E-state index contributed by atoms with van der Waals surface area (Å²) >= 11 is 0. The van der Waals surface area contributed by atoms with Crippen LogP contribution in [0.3, 0.4) is 0 Å². The van der Waals surface area contributed by atoms with Gasteiger partial charge in [0, 0.05) is 19.4 Å². The molecule has 0 aliphatic rings. The number of phosphoric acid groups is 1. The molecule has 10 heteroatoms. The zero-order valence-corrected chi connectivity index (χ0v) is 50.5. The second-order valence-electron chi connectivity index (χ2n) is 22.7. The monoisotopic (exact) mass is 1070 g/mol. The van der Waals surface area contributed by atoms with Gasteiger partial charge in [0.15, 0.2) is 6.10 Å². The van der Waals surface area contributed by atoms with Gasteiger partial charge in [0.05, 0.1) is 13.2 Å². The molecule has 0 aromatic rings. The predicted octanol–water partition coefficient (Wildman–Crippen LogP) is 21.0. The Kier molecular flexibility index (Phi) is 60.4. The van der Waals surface area contributed by atoms with E-state index in [9.17, 15) is 19.0 Å². The lowest BCUT2D eigenvalue weighted by Crippen LogP contribution is -2.29. The summed E-state index contributed by atoms with van der Waals surface area (Å²) in [6, 6.07) is 0. The second-order valence-corrected chi connectivity index (χ2v) is 24.2. The molecule has 0 spiro atoms. The van der Waals surface area contributed by atoms with Crippen molar-refractivity contribution in [1.29, 1.82) is 0 Å². The average Bonchev–Trinajstić information content (AvgIpc) is 3.39. The maximum Gasteiger partial charge on any atom is 0.472 e. The van der Waals surface area contributed by atoms with Crippen molar-refractivity contribution in [3.63, 3.8) is 0 Å². The molecule has 0 aromatic carbocycles. The summed E-state index contributed by atoms with van der Waals surface area (Å²) in [7, 11) is -4.38. The van der Waals surface area contributed by atoms with E-state index in [2.05, 4.69) is 13.8 Å². The number of nitrogens with two attached hydrogens (primary N) is 1. The molecule has 9 nitrogen and oxygen atoms in total. The third-order valence-corrected chi connectivity index (χ3v) is 16.2. The lowest BCUT2D eigenvalue weighted by atomic mass is 10.0. The molecule has 0 aromatic heterocycles. The zero-order chi connectivity index (χ0) is 53.8. The molecule has 0 aliphatic heterocycles. The van der Waals surface area contributed by atoms with Crippen molar-refractivity contribution in [3.8, 4) is 0 Å². The van der Waals surface area contributed by atoms with Crippen molar-refractivity contribution in [2.45, 2.75) is 373 Å². The SMILES string of the molecule is CCCCCCCCCCCCCCCCCCCCCCCCCCCCCCCCCCCCCCCCCCCC(=O)OC(COC(=O)CCCCCCCCCCCCCC)COP(=O)(O)OCCN. The lowest BCUT2D eigenvalue weighted by molar-refractivity contribution is -0.161. The van der Waals surface area contributed by atoms with Gasteiger partial charge >= 0.3 is 19.8 Å². The van der Waals surface area contributed by atoms with E-state index >= 15 is 0 Å².